The minimum absolute atomic E-state index is 0.154. The number of amides is 1. The number of carbonyl (C=O) groups excluding carboxylic acids is 1. The van der Waals surface area contributed by atoms with Crippen LogP contribution in [0.1, 0.15) is 41.3 Å². The van der Waals surface area contributed by atoms with E-state index in [0.717, 1.165) is 28.6 Å². The molecule has 1 aromatic heterocycles. The second kappa shape index (κ2) is 12.7. The number of piperidine rings is 1. The largest absolute Gasteiger partial charge is 0.493 e. The molecule has 0 saturated carbocycles. The van der Waals surface area contributed by atoms with E-state index in [1.807, 2.05) is 25.1 Å². The Balaban J connectivity index is 1.50. The minimum Gasteiger partial charge on any atom is -0.493 e. The first-order valence-corrected chi connectivity index (χ1v) is 16.1. The molecule has 0 unspecified atom stereocenters. The van der Waals surface area contributed by atoms with E-state index in [9.17, 15) is 13.2 Å². The van der Waals surface area contributed by atoms with Crippen LogP contribution in [0.4, 0.5) is 5.13 Å². The number of anilines is 1. The highest BCUT2D eigenvalue weighted by molar-refractivity contribution is 7.89. The number of thiazole rings is 1. The summed E-state index contributed by atoms with van der Waals surface area (Å²) >= 11 is 1.33. The second-order valence-electron chi connectivity index (χ2n) is 10.4. The molecule has 1 aliphatic rings. The van der Waals surface area contributed by atoms with Crippen LogP contribution in [0.5, 0.6) is 17.2 Å². The van der Waals surface area contributed by atoms with E-state index in [-0.39, 0.29) is 10.5 Å². The molecular weight excluding hydrogens is 588 g/mol. The Kier molecular flexibility index (Phi) is 9.00. The summed E-state index contributed by atoms with van der Waals surface area (Å²) in [5.74, 6) is 1.36. The summed E-state index contributed by atoms with van der Waals surface area (Å²) < 4.78 is 45.2. The lowest BCUT2D eigenvalue weighted by Crippen LogP contribution is -2.37. The summed E-state index contributed by atoms with van der Waals surface area (Å²) in [7, 11) is 0.910. The fourth-order valence-corrected chi connectivity index (χ4v) is 7.36. The van der Waals surface area contributed by atoms with Crippen LogP contribution in [0.15, 0.2) is 64.6 Å². The van der Waals surface area contributed by atoms with E-state index in [1.54, 1.807) is 12.1 Å². The number of benzene rings is 3. The predicted molar refractivity (Wildman–Crippen MR) is 168 cm³/mol. The average molecular weight is 623 g/mol. The van der Waals surface area contributed by atoms with Crippen LogP contribution in [0.2, 0.25) is 0 Å². The summed E-state index contributed by atoms with van der Waals surface area (Å²) in [5.41, 5.74) is 2.68. The van der Waals surface area contributed by atoms with E-state index in [0.29, 0.717) is 47.0 Å². The average Bonchev–Trinajstić information content (AvgIpc) is 3.43. The summed E-state index contributed by atoms with van der Waals surface area (Å²) in [6.45, 7) is 5.10. The maximum absolute atomic E-state index is 13.9. The molecule has 226 valence electrons. The Morgan fingerprint density at radius 1 is 1.00 bits per heavy atom. The van der Waals surface area contributed by atoms with E-state index in [1.165, 1.54) is 72.5 Å². The summed E-state index contributed by atoms with van der Waals surface area (Å²) in [5, 5.41) is 6.13. The van der Waals surface area contributed by atoms with Gasteiger partial charge in [0.05, 0.1) is 42.7 Å². The van der Waals surface area contributed by atoms with E-state index >= 15 is 0 Å². The van der Waals surface area contributed by atoms with Gasteiger partial charge in [-0.25, -0.2) is 13.4 Å². The van der Waals surface area contributed by atoms with Crippen molar-refractivity contribution in [3.05, 3.63) is 71.3 Å². The number of nitrogens with zero attached hydrogens (tertiary/aromatic N) is 4. The Bertz CT molecular complexity index is 1740. The number of aryl methyl sites for hydroxylation is 1. The number of methoxy groups -OCH3 is 3. The quantitative estimate of drug-likeness (QED) is 0.173. The first-order valence-electron chi connectivity index (χ1n) is 13.8. The molecule has 2 heterocycles. The zero-order chi connectivity index (χ0) is 30.7. The van der Waals surface area contributed by atoms with Crippen molar-refractivity contribution < 1.29 is 27.4 Å². The Morgan fingerprint density at radius 3 is 2.26 bits per heavy atom. The molecule has 0 atom stereocenters. The highest BCUT2D eigenvalue weighted by atomic mass is 32.2. The molecule has 4 aromatic rings. The molecule has 1 fully saturated rings. The topological polar surface area (TPSA) is 111 Å². The van der Waals surface area contributed by atoms with Gasteiger partial charge in [0, 0.05) is 24.2 Å². The molecule has 0 N–H and O–H groups in total. The standard InChI is InChI=1S/C31H34N4O6S2/c1-20-12-14-34(15-13-20)43(37,38)24-9-7-23(8-10-24)30(36)35(31-33-25-11-6-21(2)16-28(25)42-31)32-19-22-17-26(39-3)29(41-5)27(18-22)40-4/h6-11,16-20H,12-15H2,1-5H3/b32-19+. The molecule has 12 heteroatoms. The van der Waals surface area contributed by atoms with Crippen molar-refractivity contribution in [2.24, 2.45) is 11.0 Å². The Hall–Kier alpha value is -4.00. The maximum atomic E-state index is 13.9. The van der Waals surface area contributed by atoms with Gasteiger partial charge in [-0.05, 0) is 79.8 Å². The summed E-state index contributed by atoms with van der Waals surface area (Å²) in [4.78, 5) is 18.7. The highest BCUT2D eigenvalue weighted by Crippen LogP contribution is 2.38. The van der Waals surface area contributed by atoms with Crippen LogP contribution < -0.4 is 19.2 Å². The lowest BCUT2D eigenvalue weighted by atomic mass is 10.0. The van der Waals surface area contributed by atoms with Gasteiger partial charge in [-0.3, -0.25) is 4.79 Å². The normalized spacial score (nSPS) is 14.7. The molecule has 1 saturated heterocycles. The molecule has 1 amide bonds. The maximum Gasteiger partial charge on any atom is 0.280 e. The van der Waals surface area contributed by atoms with Crippen LogP contribution in [0.3, 0.4) is 0 Å². The Morgan fingerprint density at radius 2 is 1.65 bits per heavy atom. The summed E-state index contributed by atoms with van der Waals surface area (Å²) in [6.07, 6.45) is 3.17. The van der Waals surface area contributed by atoms with Crippen LogP contribution >= 0.6 is 11.3 Å². The molecule has 0 spiro atoms. The zero-order valence-corrected chi connectivity index (χ0v) is 26.4. The third-order valence-corrected chi connectivity index (χ3v) is 10.3. The zero-order valence-electron chi connectivity index (χ0n) is 24.7. The lowest BCUT2D eigenvalue weighted by molar-refractivity contribution is 0.0987. The number of aromatic nitrogens is 1. The molecule has 5 rings (SSSR count). The third kappa shape index (κ3) is 6.36. The monoisotopic (exact) mass is 622 g/mol. The molecule has 3 aromatic carbocycles. The summed E-state index contributed by atoms with van der Waals surface area (Å²) in [6, 6.07) is 15.3. The molecule has 0 aliphatic carbocycles. The molecule has 10 nitrogen and oxygen atoms in total. The van der Waals surface area contributed by atoms with Gasteiger partial charge in [0.25, 0.3) is 5.91 Å². The van der Waals surface area contributed by atoms with Crippen LogP contribution in [-0.2, 0) is 10.0 Å². The SMILES string of the molecule is COc1cc(/C=N/N(C(=O)c2ccc(S(=O)(=O)N3CCC(C)CC3)cc2)c2nc3ccc(C)cc3s2)cc(OC)c1OC. The van der Waals surface area contributed by atoms with Gasteiger partial charge in [0.15, 0.2) is 11.5 Å². The minimum atomic E-state index is -3.65. The number of hydrogen-bond acceptors (Lipinski definition) is 9. The number of carbonyl (C=O) groups is 1. The van der Waals surface area contributed by atoms with Crippen molar-refractivity contribution in [2.75, 3.05) is 39.4 Å². The Labute approximate surface area is 255 Å². The van der Waals surface area contributed by atoms with E-state index in [4.69, 9.17) is 14.2 Å². The van der Waals surface area contributed by atoms with Gasteiger partial charge >= 0.3 is 0 Å². The van der Waals surface area contributed by atoms with Gasteiger partial charge in [-0.2, -0.15) is 14.4 Å². The number of hydrazone groups is 1. The first-order chi connectivity index (χ1) is 20.6. The number of fused-ring (bicyclic) bond motifs is 1. The molecule has 0 radical (unpaired) electrons. The van der Waals surface area contributed by atoms with Gasteiger partial charge in [-0.1, -0.05) is 24.3 Å². The van der Waals surface area contributed by atoms with Crippen LogP contribution in [0, 0.1) is 12.8 Å². The molecule has 43 heavy (non-hydrogen) atoms. The van der Waals surface area contributed by atoms with Crippen molar-refractivity contribution in [3.8, 4) is 17.2 Å². The smallest absolute Gasteiger partial charge is 0.280 e. The van der Waals surface area contributed by atoms with Crippen molar-refractivity contribution >= 4 is 48.8 Å². The lowest BCUT2D eigenvalue weighted by Gasteiger charge is -2.29. The van der Waals surface area contributed by atoms with Crippen molar-refractivity contribution in [1.29, 1.82) is 0 Å². The molecule has 1 aliphatic heterocycles. The first kappa shape index (κ1) is 30.5. The number of sulfonamides is 1. The highest BCUT2D eigenvalue weighted by Gasteiger charge is 2.29. The fourth-order valence-electron chi connectivity index (χ4n) is 4.87. The van der Waals surface area contributed by atoms with Gasteiger partial charge in [0.2, 0.25) is 20.9 Å². The van der Waals surface area contributed by atoms with E-state index < -0.39 is 15.9 Å². The van der Waals surface area contributed by atoms with Gasteiger partial charge in [-0.15, -0.1) is 0 Å². The van der Waals surface area contributed by atoms with Crippen molar-refractivity contribution in [3.63, 3.8) is 0 Å². The molecular formula is C31H34N4O6S2. The van der Waals surface area contributed by atoms with Crippen molar-refractivity contribution in [1.82, 2.24) is 9.29 Å². The van der Waals surface area contributed by atoms with Gasteiger partial charge < -0.3 is 14.2 Å². The number of hydrogen-bond donors (Lipinski definition) is 0. The predicted octanol–water partition coefficient (Wildman–Crippen LogP) is 5.73. The van der Waals surface area contributed by atoms with Crippen molar-refractivity contribution in [2.45, 2.75) is 31.6 Å². The molecule has 0 bridgehead atoms. The third-order valence-electron chi connectivity index (χ3n) is 7.40. The van der Waals surface area contributed by atoms with Crippen LogP contribution in [-0.4, -0.2) is 64.2 Å². The van der Waals surface area contributed by atoms with E-state index in [2.05, 4.69) is 17.0 Å². The number of rotatable bonds is 9. The van der Waals surface area contributed by atoms with Gasteiger partial charge in [0.1, 0.15) is 0 Å². The van der Waals surface area contributed by atoms with Crippen LogP contribution in [0.25, 0.3) is 10.2 Å². The number of ether oxygens (including phenoxy) is 3. The fraction of sp³-hybridized carbons (Fsp3) is 0.323. The second-order valence-corrected chi connectivity index (χ2v) is 13.3.